The quantitative estimate of drug-likeness (QED) is 0.876. The predicted octanol–water partition coefficient (Wildman–Crippen LogP) is 3.55. The van der Waals surface area contributed by atoms with E-state index in [-0.39, 0.29) is 0 Å². The van der Waals surface area contributed by atoms with E-state index in [4.69, 9.17) is 0 Å². The molecule has 0 saturated carbocycles. The molecule has 19 heavy (non-hydrogen) atoms. The van der Waals surface area contributed by atoms with Gasteiger partial charge in [0.05, 0.1) is 5.60 Å². The summed E-state index contributed by atoms with van der Waals surface area (Å²) in [7, 11) is 0. The molecule has 1 saturated heterocycles. The zero-order valence-electron chi connectivity index (χ0n) is 12.1. The maximum atomic E-state index is 10.9. The highest BCUT2D eigenvalue weighted by molar-refractivity contribution is 5.22. The van der Waals surface area contributed by atoms with Crippen molar-refractivity contribution in [1.29, 1.82) is 0 Å². The van der Waals surface area contributed by atoms with Crippen LogP contribution < -0.4 is 0 Å². The van der Waals surface area contributed by atoms with Crippen molar-refractivity contribution in [2.45, 2.75) is 51.0 Å². The van der Waals surface area contributed by atoms with Gasteiger partial charge in [0.2, 0.25) is 0 Å². The van der Waals surface area contributed by atoms with Gasteiger partial charge in [-0.15, -0.1) is 0 Å². The summed E-state index contributed by atoms with van der Waals surface area (Å²) in [5.41, 5.74) is 0.403. The second-order valence-corrected chi connectivity index (χ2v) is 5.76. The molecular weight excluding hydrogens is 234 g/mol. The van der Waals surface area contributed by atoms with Gasteiger partial charge < -0.3 is 10.0 Å². The first-order valence-corrected chi connectivity index (χ1v) is 7.75. The van der Waals surface area contributed by atoms with Crippen LogP contribution in [0.25, 0.3) is 0 Å². The van der Waals surface area contributed by atoms with Crippen molar-refractivity contribution in [2.75, 3.05) is 19.6 Å². The molecule has 0 amide bonds. The van der Waals surface area contributed by atoms with Crippen LogP contribution in [0.4, 0.5) is 0 Å². The monoisotopic (exact) mass is 261 g/mol. The SMILES string of the molecule is CCC(O)(CCN1CCCCCC1)c1ccccc1. The third kappa shape index (κ3) is 4.05. The molecule has 1 fully saturated rings. The minimum atomic E-state index is -0.659. The zero-order valence-corrected chi connectivity index (χ0v) is 12.1. The van der Waals surface area contributed by atoms with Gasteiger partial charge in [0.1, 0.15) is 0 Å². The van der Waals surface area contributed by atoms with E-state index < -0.39 is 5.60 Å². The van der Waals surface area contributed by atoms with Crippen LogP contribution in [0.2, 0.25) is 0 Å². The van der Waals surface area contributed by atoms with Crippen LogP contribution >= 0.6 is 0 Å². The molecule has 1 aliphatic rings. The number of benzene rings is 1. The second kappa shape index (κ2) is 7.06. The van der Waals surface area contributed by atoms with E-state index in [9.17, 15) is 5.11 Å². The lowest BCUT2D eigenvalue weighted by molar-refractivity contribution is 0.0135. The summed E-state index contributed by atoms with van der Waals surface area (Å²) in [4.78, 5) is 2.52. The molecule has 1 atom stereocenters. The average molecular weight is 261 g/mol. The highest BCUT2D eigenvalue weighted by atomic mass is 16.3. The molecule has 0 aliphatic carbocycles. The van der Waals surface area contributed by atoms with E-state index in [1.165, 1.54) is 38.8 Å². The highest BCUT2D eigenvalue weighted by Crippen LogP contribution is 2.29. The van der Waals surface area contributed by atoms with Crippen LogP contribution in [0.3, 0.4) is 0 Å². The molecule has 0 spiro atoms. The summed E-state index contributed by atoms with van der Waals surface area (Å²) >= 11 is 0. The molecule has 2 rings (SSSR count). The van der Waals surface area contributed by atoms with Gasteiger partial charge in [-0.25, -0.2) is 0 Å². The number of rotatable bonds is 5. The Morgan fingerprint density at radius 2 is 1.68 bits per heavy atom. The first-order valence-electron chi connectivity index (χ1n) is 7.75. The number of hydrogen-bond acceptors (Lipinski definition) is 2. The fraction of sp³-hybridized carbons (Fsp3) is 0.647. The lowest BCUT2D eigenvalue weighted by Gasteiger charge is -2.30. The Labute approximate surface area is 117 Å². The molecule has 1 heterocycles. The minimum Gasteiger partial charge on any atom is -0.385 e. The third-order valence-electron chi connectivity index (χ3n) is 4.44. The third-order valence-corrected chi connectivity index (χ3v) is 4.44. The molecule has 2 nitrogen and oxygen atoms in total. The van der Waals surface area contributed by atoms with Crippen molar-refractivity contribution >= 4 is 0 Å². The second-order valence-electron chi connectivity index (χ2n) is 5.76. The molecule has 0 bridgehead atoms. The lowest BCUT2D eigenvalue weighted by Crippen LogP contribution is -2.33. The normalized spacial score (nSPS) is 20.7. The van der Waals surface area contributed by atoms with E-state index >= 15 is 0 Å². The van der Waals surface area contributed by atoms with Crippen LogP contribution in [-0.2, 0) is 5.60 Å². The van der Waals surface area contributed by atoms with Crippen molar-refractivity contribution in [3.63, 3.8) is 0 Å². The molecule has 2 heteroatoms. The molecule has 1 aromatic carbocycles. The van der Waals surface area contributed by atoms with E-state index in [2.05, 4.69) is 11.8 Å². The fourth-order valence-electron chi connectivity index (χ4n) is 2.98. The number of hydrogen-bond donors (Lipinski definition) is 1. The highest BCUT2D eigenvalue weighted by Gasteiger charge is 2.27. The first kappa shape index (κ1) is 14.5. The Kier molecular flexibility index (Phi) is 5.41. The maximum absolute atomic E-state index is 10.9. The van der Waals surface area contributed by atoms with Gasteiger partial charge in [-0.3, -0.25) is 0 Å². The zero-order chi connectivity index (χ0) is 13.6. The Morgan fingerprint density at radius 1 is 1.05 bits per heavy atom. The van der Waals surface area contributed by atoms with Crippen LogP contribution in [-0.4, -0.2) is 29.6 Å². The minimum absolute atomic E-state index is 0.659. The van der Waals surface area contributed by atoms with Crippen LogP contribution in [0.5, 0.6) is 0 Å². The van der Waals surface area contributed by atoms with Gasteiger partial charge in [-0.05, 0) is 44.3 Å². The molecule has 1 aromatic rings. The van der Waals surface area contributed by atoms with Gasteiger partial charge >= 0.3 is 0 Å². The standard InChI is InChI=1S/C17H27NO/c1-2-17(19,16-10-6-5-7-11-16)12-15-18-13-8-3-4-9-14-18/h5-7,10-11,19H,2-4,8-9,12-15H2,1H3. The van der Waals surface area contributed by atoms with Crippen molar-refractivity contribution in [3.8, 4) is 0 Å². The Morgan fingerprint density at radius 3 is 2.26 bits per heavy atom. The van der Waals surface area contributed by atoms with E-state index in [0.29, 0.717) is 0 Å². The molecule has 0 radical (unpaired) electrons. The first-order chi connectivity index (χ1) is 9.24. The molecule has 1 unspecified atom stereocenters. The molecule has 106 valence electrons. The number of likely N-dealkylation sites (tertiary alicyclic amines) is 1. The average Bonchev–Trinajstić information content (AvgIpc) is 2.74. The topological polar surface area (TPSA) is 23.5 Å². The van der Waals surface area contributed by atoms with Crippen molar-refractivity contribution < 1.29 is 5.11 Å². The van der Waals surface area contributed by atoms with Gasteiger partial charge in [0, 0.05) is 6.54 Å². The summed E-state index contributed by atoms with van der Waals surface area (Å²) < 4.78 is 0. The predicted molar refractivity (Wildman–Crippen MR) is 80.2 cm³/mol. The van der Waals surface area contributed by atoms with E-state index in [1.54, 1.807) is 0 Å². The summed E-state index contributed by atoms with van der Waals surface area (Å²) in [6.07, 6.45) is 6.99. The van der Waals surface area contributed by atoms with Crippen LogP contribution in [0.15, 0.2) is 30.3 Å². The number of aliphatic hydroxyl groups is 1. The van der Waals surface area contributed by atoms with Gasteiger partial charge in [0.15, 0.2) is 0 Å². The Balaban J connectivity index is 1.94. The van der Waals surface area contributed by atoms with Gasteiger partial charge in [-0.1, -0.05) is 50.1 Å². The summed E-state index contributed by atoms with van der Waals surface area (Å²) in [6.45, 7) is 5.50. The van der Waals surface area contributed by atoms with Crippen LogP contribution in [0, 0.1) is 0 Å². The molecule has 0 aromatic heterocycles. The molecule has 1 aliphatic heterocycles. The smallest absolute Gasteiger partial charge is 0.0906 e. The summed E-state index contributed by atoms with van der Waals surface area (Å²) in [5, 5.41) is 10.9. The number of nitrogens with zero attached hydrogens (tertiary/aromatic N) is 1. The largest absolute Gasteiger partial charge is 0.385 e. The van der Waals surface area contributed by atoms with E-state index in [1.807, 2.05) is 30.3 Å². The Hall–Kier alpha value is -0.860. The van der Waals surface area contributed by atoms with E-state index in [0.717, 1.165) is 24.9 Å². The van der Waals surface area contributed by atoms with Gasteiger partial charge in [0.25, 0.3) is 0 Å². The summed E-state index contributed by atoms with van der Waals surface area (Å²) in [5.74, 6) is 0. The van der Waals surface area contributed by atoms with Crippen molar-refractivity contribution in [3.05, 3.63) is 35.9 Å². The van der Waals surface area contributed by atoms with Gasteiger partial charge in [-0.2, -0.15) is 0 Å². The summed E-state index contributed by atoms with van der Waals surface area (Å²) in [6, 6.07) is 10.1. The van der Waals surface area contributed by atoms with Crippen LogP contribution in [0.1, 0.15) is 51.0 Å². The van der Waals surface area contributed by atoms with Crippen molar-refractivity contribution in [1.82, 2.24) is 4.90 Å². The Bertz CT molecular complexity index is 357. The van der Waals surface area contributed by atoms with Crippen molar-refractivity contribution in [2.24, 2.45) is 0 Å². The molecule has 1 N–H and O–H groups in total. The fourth-order valence-corrected chi connectivity index (χ4v) is 2.98. The maximum Gasteiger partial charge on any atom is 0.0906 e. The molecular formula is C17H27NO. The lowest BCUT2D eigenvalue weighted by atomic mass is 9.88.